The quantitative estimate of drug-likeness (QED) is 0.887. The standard InChI is InChI=1S/C16H18FNO3/c1-9-4-12(5-10(2)15(9)17)7-18-8-13-6-14(16(19)20)21-11(13)3/h4-6,18H,7-8H2,1-3H3,(H,19,20). The van der Waals surface area contributed by atoms with E-state index in [9.17, 15) is 9.18 Å². The monoisotopic (exact) mass is 291 g/mol. The number of carboxylic acid groups (broad SMARTS) is 1. The van der Waals surface area contributed by atoms with Gasteiger partial charge in [-0.3, -0.25) is 0 Å². The number of hydrogen-bond acceptors (Lipinski definition) is 3. The number of rotatable bonds is 5. The lowest BCUT2D eigenvalue weighted by Crippen LogP contribution is -2.13. The molecule has 0 bridgehead atoms. The van der Waals surface area contributed by atoms with Crippen molar-refractivity contribution in [2.75, 3.05) is 0 Å². The van der Waals surface area contributed by atoms with Gasteiger partial charge in [-0.25, -0.2) is 9.18 Å². The predicted octanol–water partition coefficient (Wildman–Crippen LogP) is 3.33. The van der Waals surface area contributed by atoms with Crippen LogP contribution in [0.4, 0.5) is 4.39 Å². The molecule has 1 aromatic heterocycles. The minimum absolute atomic E-state index is 0.0576. The van der Waals surface area contributed by atoms with E-state index in [1.807, 2.05) is 0 Å². The van der Waals surface area contributed by atoms with E-state index in [0.717, 1.165) is 11.1 Å². The SMILES string of the molecule is Cc1cc(CNCc2cc(C(=O)O)oc2C)cc(C)c1F. The van der Waals surface area contributed by atoms with Crippen molar-refractivity contribution in [3.8, 4) is 0 Å². The highest BCUT2D eigenvalue weighted by Gasteiger charge is 2.12. The highest BCUT2D eigenvalue weighted by molar-refractivity contribution is 5.84. The van der Waals surface area contributed by atoms with Crippen molar-refractivity contribution >= 4 is 5.97 Å². The molecule has 0 aliphatic carbocycles. The molecule has 21 heavy (non-hydrogen) atoms. The largest absolute Gasteiger partial charge is 0.475 e. The van der Waals surface area contributed by atoms with Gasteiger partial charge in [-0.15, -0.1) is 0 Å². The molecule has 5 heteroatoms. The van der Waals surface area contributed by atoms with E-state index >= 15 is 0 Å². The Kier molecular flexibility index (Phi) is 4.43. The summed E-state index contributed by atoms with van der Waals surface area (Å²) in [7, 11) is 0. The first kappa shape index (κ1) is 15.3. The van der Waals surface area contributed by atoms with Crippen molar-refractivity contribution in [1.29, 1.82) is 0 Å². The highest BCUT2D eigenvalue weighted by atomic mass is 19.1. The molecule has 0 aliphatic heterocycles. The lowest BCUT2D eigenvalue weighted by atomic mass is 10.1. The summed E-state index contributed by atoms with van der Waals surface area (Å²) in [6.07, 6.45) is 0. The third-order valence-electron chi connectivity index (χ3n) is 3.37. The molecular formula is C16H18FNO3. The van der Waals surface area contributed by atoms with Crippen LogP contribution in [0.25, 0.3) is 0 Å². The smallest absolute Gasteiger partial charge is 0.371 e. The topological polar surface area (TPSA) is 62.5 Å². The minimum atomic E-state index is -1.07. The zero-order valence-corrected chi connectivity index (χ0v) is 12.3. The minimum Gasteiger partial charge on any atom is -0.475 e. The summed E-state index contributed by atoms with van der Waals surface area (Å²) in [6, 6.07) is 5.13. The zero-order chi connectivity index (χ0) is 15.6. The molecular weight excluding hydrogens is 273 g/mol. The Balaban J connectivity index is 2.00. The normalized spacial score (nSPS) is 10.9. The Morgan fingerprint density at radius 1 is 1.19 bits per heavy atom. The molecule has 0 amide bonds. The predicted molar refractivity (Wildman–Crippen MR) is 76.8 cm³/mol. The molecule has 0 radical (unpaired) electrons. The maximum absolute atomic E-state index is 13.5. The van der Waals surface area contributed by atoms with Gasteiger partial charge in [0.05, 0.1) is 0 Å². The summed E-state index contributed by atoms with van der Waals surface area (Å²) < 4.78 is 18.7. The van der Waals surface area contributed by atoms with Crippen molar-refractivity contribution < 1.29 is 18.7 Å². The Hall–Kier alpha value is -2.14. The van der Waals surface area contributed by atoms with Gasteiger partial charge in [0.25, 0.3) is 0 Å². The number of carboxylic acids is 1. The van der Waals surface area contributed by atoms with Crippen LogP contribution in [0.3, 0.4) is 0 Å². The first-order valence-corrected chi connectivity index (χ1v) is 6.67. The zero-order valence-electron chi connectivity index (χ0n) is 12.3. The number of aromatic carboxylic acids is 1. The molecule has 0 atom stereocenters. The average Bonchev–Trinajstić information content (AvgIpc) is 2.78. The Labute approximate surface area is 122 Å². The van der Waals surface area contributed by atoms with Gasteiger partial charge >= 0.3 is 5.97 Å². The molecule has 1 heterocycles. The second-order valence-electron chi connectivity index (χ2n) is 5.14. The van der Waals surface area contributed by atoms with E-state index in [4.69, 9.17) is 9.52 Å². The molecule has 2 rings (SSSR count). The van der Waals surface area contributed by atoms with Gasteiger partial charge in [0.1, 0.15) is 11.6 Å². The number of aryl methyl sites for hydroxylation is 3. The van der Waals surface area contributed by atoms with Crippen LogP contribution in [0.15, 0.2) is 22.6 Å². The number of nitrogens with one attached hydrogen (secondary N) is 1. The fourth-order valence-corrected chi connectivity index (χ4v) is 2.28. The summed E-state index contributed by atoms with van der Waals surface area (Å²) in [5.74, 6) is -0.714. The third-order valence-corrected chi connectivity index (χ3v) is 3.37. The van der Waals surface area contributed by atoms with Crippen molar-refractivity contribution in [2.45, 2.75) is 33.9 Å². The van der Waals surface area contributed by atoms with E-state index in [1.165, 1.54) is 6.07 Å². The fraction of sp³-hybridized carbons (Fsp3) is 0.312. The second-order valence-corrected chi connectivity index (χ2v) is 5.14. The maximum atomic E-state index is 13.5. The number of halogens is 1. The Morgan fingerprint density at radius 3 is 2.33 bits per heavy atom. The van der Waals surface area contributed by atoms with E-state index in [-0.39, 0.29) is 11.6 Å². The summed E-state index contributed by atoms with van der Waals surface area (Å²) in [6.45, 7) is 6.29. The van der Waals surface area contributed by atoms with Gasteiger partial charge in [0, 0.05) is 18.7 Å². The summed E-state index contributed by atoms with van der Waals surface area (Å²) in [5.41, 5.74) is 3.05. The first-order chi connectivity index (χ1) is 9.88. The third kappa shape index (κ3) is 3.49. The van der Waals surface area contributed by atoms with Gasteiger partial charge < -0.3 is 14.8 Å². The van der Waals surface area contributed by atoms with Gasteiger partial charge in [-0.2, -0.15) is 0 Å². The Morgan fingerprint density at radius 2 is 1.81 bits per heavy atom. The molecule has 0 saturated carbocycles. The van der Waals surface area contributed by atoms with Crippen molar-refractivity contribution in [3.05, 3.63) is 57.8 Å². The van der Waals surface area contributed by atoms with Crippen LogP contribution < -0.4 is 5.32 Å². The average molecular weight is 291 g/mol. The van der Waals surface area contributed by atoms with E-state index in [1.54, 1.807) is 32.9 Å². The number of furan rings is 1. The number of hydrogen-bond donors (Lipinski definition) is 2. The van der Waals surface area contributed by atoms with Crippen LogP contribution >= 0.6 is 0 Å². The molecule has 2 aromatic rings. The van der Waals surface area contributed by atoms with Crippen LogP contribution in [0.2, 0.25) is 0 Å². The molecule has 0 saturated heterocycles. The molecule has 1 aromatic carbocycles. The molecule has 2 N–H and O–H groups in total. The molecule has 4 nitrogen and oxygen atoms in total. The number of benzene rings is 1. The molecule has 0 aliphatic rings. The molecule has 112 valence electrons. The summed E-state index contributed by atoms with van der Waals surface area (Å²) in [4.78, 5) is 10.8. The highest BCUT2D eigenvalue weighted by Crippen LogP contribution is 2.16. The number of carbonyl (C=O) groups is 1. The summed E-state index contributed by atoms with van der Waals surface area (Å²) in [5, 5.41) is 12.1. The Bertz CT molecular complexity index is 653. The molecule has 0 fully saturated rings. The van der Waals surface area contributed by atoms with E-state index in [0.29, 0.717) is 30.0 Å². The second kappa shape index (κ2) is 6.10. The van der Waals surface area contributed by atoms with E-state index < -0.39 is 5.97 Å². The van der Waals surface area contributed by atoms with Crippen molar-refractivity contribution in [2.24, 2.45) is 0 Å². The lowest BCUT2D eigenvalue weighted by molar-refractivity contribution is 0.0661. The molecule has 0 spiro atoms. The fourth-order valence-electron chi connectivity index (χ4n) is 2.28. The molecule has 0 unspecified atom stereocenters. The van der Waals surface area contributed by atoms with Crippen LogP contribution in [-0.4, -0.2) is 11.1 Å². The van der Waals surface area contributed by atoms with Crippen LogP contribution in [0, 0.1) is 26.6 Å². The van der Waals surface area contributed by atoms with Crippen molar-refractivity contribution in [1.82, 2.24) is 5.32 Å². The van der Waals surface area contributed by atoms with Gasteiger partial charge in [0.2, 0.25) is 5.76 Å². The first-order valence-electron chi connectivity index (χ1n) is 6.67. The maximum Gasteiger partial charge on any atom is 0.371 e. The van der Waals surface area contributed by atoms with Crippen LogP contribution in [0.1, 0.15) is 38.6 Å². The van der Waals surface area contributed by atoms with E-state index in [2.05, 4.69) is 5.32 Å². The van der Waals surface area contributed by atoms with Crippen LogP contribution in [-0.2, 0) is 13.1 Å². The van der Waals surface area contributed by atoms with Gasteiger partial charge in [-0.1, -0.05) is 12.1 Å². The summed E-state index contributed by atoms with van der Waals surface area (Å²) >= 11 is 0. The van der Waals surface area contributed by atoms with Crippen molar-refractivity contribution in [3.63, 3.8) is 0 Å². The van der Waals surface area contributed by atoms with Crippen LogP contribution in [0.5, 0.6) is 0 Å². The lowest BCUT2D eigenvalue weighted by Gasteiger charge is -2.08. The van der Waals surface area contributed by atoms with Gasteiger partial charge in [0.15, 0.2) is 0 Å². The van der Waals surface area contributed by atoms with Gasteiger partial charge in [-0.05, 0) is 43.5 Å².